The molecule has 3 heterocycles. The molecule has 0 aliphatic rings. The zero-order valence-corrected chi connectivity index (χ0v) is 26.6. The number of fused-ring (bicyclic) bond motifs is 3. The van der Waals surface area contributed by atoms with Crippen molar-refractivity contribution in [1.82, 2.24) is 19.3 Å². The average molecular weight is 611 g/mol. The van der Waals surface area contributed by atoms with Gasteiger partial charge in [0.05, 0.1) is 30.0 Å². The molecule has 7 heteroatoms. The quantitative estimate of drug-likeness (QED) is 0.172. The van der Waals surface area contributed by atoms with Crippen molar-refractivity contribution in [2.75, 3.05) is 7.11 Å². The van der Waals surface area contributed by atoms with Gasteiger partial charge in [-0.15, -0.1) is 0 Å². The molecule has 0 aliphatic heterocycles. The van der Waals surface area contributed by atoms with Crippen LogP contribution in [0.1, 0.15) is 30.5 Å². The Hall–Kier alpha value is -5.43. The molecule has 3 aromatic heterocycles. The van der Waals surface area contributed by atoms with Crippen LogP contribution in [-0.2, 0) is 6.42 Å². The molecule has 4 aromatic carbocycles. The van der Waals surface area contributed by atoms with Gasteiger partial charge in [0.15, 0.2) is 0 Å². The first kappa shape index (κ1) is 29.3. The summed E-state index contributed by atoms with van der Waals surface area (Å²) in [4.78, 5) is 4.68. The van der Waals surface area contributed by atoms with Crippen LogP contribution in [0.2, 0.25) is 0 Å². The van der Waals surface area contributed by atoms with Gasteiger partial charge >= 0.3 is 0 Å². The van der Waals surface area contributed by atoms with Gasteiger partial charge in [-0.05, 0) is 97.0 Å². The maximum atomic E-state index is 14.0. The zero-order chi connectivity index (χ0) is 31.9. The standard InChI is InChI=1S/C39H35FN4O2/c1-24(2)14-27-17-30(43-23-28(22-42-43)39-25(3)15-29(40)16-26(39)4)19-33(18-27)46-32-10-11-35-34-8-6-7-9-36(34)44(37(35)20-32)38-21-31(45-5)12-13-41-38/h6-13,15-24H,14H2,1-5H3. The van der Waals surface area contributed by atoms with E-state index in [1.807, 2.05) is 61.3 Å². The third-order valence-corrected chi connectivity index (χ3v) is 8.29. The molecule has 0 atom stereocenters. The first-order chi connectivity index (χ1) is 22.3. The summed E-state index contributed by atoms with van der Waals surface area (Å²) in [6.07, 6.45) is 6.49. The lowest BCUT2D eigenvalue weighted by molar-refractivity contribution is 0.414. The Morgan fingerprint density at radius 3 is 2.37 bits per heavy atom. The van der Waals surface area contributed by atoms with E-state index >= 15 is 0 Å². The van der Waals surface area contributed by atoms with Gasteiger partial charge in [0.1, 0.15) is 28.9 Å². The number of benzene rings is 4. The van der Waals surface area contributed by atoms with Crippen molar-refractivity contribution in [3.8, 4) is 39.9 Å². The number of methoxy groups -OCH3 is 1. The van der Waals surface area contributed by atoms with E-state index in [0.29, 0.717) is 11.7 Å². The summed E-state index contributed by atoms with van der Waals surface area (Å²) >= 11 is 0. The minimum Gasteiger partial charge on any atom is -0.497 e. The van der Waals surface area contributed by atoms with Gasteiger partial charge in [-0.1, -0.05) is 32.0 Å². The van der Waals surface area contributed by atoms with Crippen LogP contribution >= 0.6 is 0 Å². The van der Waals surface area contributed by atoms with Gasteiger partial charge in [0.25, 0.3) is 0 Å². The van der Waals surface area contributed by atoms with Crippen LogP contribution in [0.25, 0.3) is 44.4 Å². The molecule has 0 amide bonds. The normalized spacial score (nSPS) is 11.5. The van der Waals surface area contributed by atoms with Gasteiger partial charge in [-0.2, -0.15) is 5.10 Å². The Morgan fingerprint density at radius 1 is 0.804 bits per heavy atom. The highest BCUT2D eigenvalue weighted by Crippen LogP contribution is 2.36. The van der Waals surface area contributed by atoms with E-state index in [1.54, 1.807) is 25.4 Å². The predicted molar refractivity (Wildman–Crippen MR) is 182 cm³/mol. The van der Waals surface area contributed by atoms with Gasteiger partial charge in [0.2, 0.25) is 0 Å². The lowest BCUT2D eigenvalue weighted by Crippen LogP contribution is -2.00. The van der Waals surface area contributed by atoms with E-state index in [4.69, 9.17) is 14.6 Å². The number of nitrogens with zero attached hydrogens (tertiary/aromatic N) is 4. The molecule has 0 saturated carbocycles. The molecule has 230 valence electrons. The number of aromatic nitrogens is 4. The summed E-state index contributed by atoms with van der Waals surface area (Å²) in [7, 11) is 1.66. The fourth-order valence-corrected chi connectivity index (χ4v) is 6.43. The van der Waals surface area contributed by atoms with Crippen molar-refractivity contribution >= 4 is 21.8 Å². The summed E-state index contributed by atoms with van der Waals surface area (Å²) in [5.41, 5.74) is 7.79. The molecule has 0 unspecified atom stereocenters. The Bertz CT molecular complexity index is 2210. The van der Waals surface area contributed by atoms with Gasteiger partial charge in [-0.3, -0.25) is 4.57 Å². The Morgan fingerprint density at radius 2 is 1.59 bits per heavy atom. The van der Waals surface area contributed by atoms with Crippen LogP contribution in [0.3, 0.4) is 0 Å². The molecule has 0 bridgehead atoms. The van der Waals surface area contributed by atoms with Crippen LogP contribution in [0, 0.1) is 25.6 Å². The first-order valence-electron chi connectivity index (χ1n) is 15.4. The maximum absolute atomic E-state index is 14.0. The molecule has 0 saturated heterocycles. The number of hydrogen-bond donors (Lipinski definition) is 0. The van der Waals surface area contributed by atoms with Gasteiger partial charge in [-0.25, -0.2) is 14.1 Å². The SMILES string of the molecule is COc1ccnc(-n2c3ccccc3c3ccc(Oc4cc(CC(C)C)cc(-n5cc(-c6c(C)cc(F)cc6C)cn5)c4)cc32)c1. The number of hydrogen-bond acceptors (Lipinski definition) is 4. The molecule has 7 rings (SSSR count). The summed E-state index contributed by atoms with van der Waals surface area (Å²) < 4.78 is 30.1. The number of ether oxygens (including phenoxy) is 2. The molecule has 46 heavy (non-hydrogen) atoms. The topological polar surface area (TPSA) is 54.1 Å². The number of pyridine rings is 1. The molecule has 0 spiro atoms. The largest absolute Gasteiger partial charge is 0.497 e. The molecule has 0 fully saturated rings. The van der Waals surface area contributed by atoms with Crippen molar-refractivity contribution in [2.45, 2.75) is 34.1 Å². The predicted octanol–water partition coefficient (Wildman–Crippen LogP) is 9.79. The van der Waals surface area contributed by atoms with Crippen LogP contribution in [-0.4, -0.2) is 26.4 Å². The third kappa shape index (κ3) is 5.49. The monoisotopic (exact) mass is 610 g/mol. The summed E-state index contributed by atoms with van der Waals surface area (Å²) in [6, 6.07) is 27.7. The number of halogens is 1. The third-order valence-electron chi connectivity index (χ3n) is 8.29. The van der Waals surface area contributed by atoms with Crippen LogP contribution in [0.4, 0.5) is 4.39 Å². The van der Waals surface area contributed by atoms with Crippen molar-refractivity contribution < 1.29 is 13.9 Å². The molecule has 0 N–H and O–H groups in total. The average Bonchev–Trinajstić information content (AvgIpc) is 3.63. The van der Waals surface area contributed by atoms with Crippen molar-refractivity contribution in [2.24, 2.45) is 5.92 Å². The van der Waals surface area contributed by atoms with Crippen molar-refractivity contribution in [1.29, 1.82) is 0 Å². The zero-order valence-electron chi connectivity index (χ0n) is 26.6. The van der Waals surface area contributed by atoms with Gasteiger partial charge < -0.3 is 9.47 Å². The second kappa shape index (κ2) is 11.8. The lowest BCUT2D eigenvalue weighted by atomic mass is 9.98. The van der Waals surface area contributed by atoms with Crippen LogP contribution in [0.5, 0.6) is 17.2 Å². The number of aryl methyl sites for hydroxylation is 2. The Kier molecular flexibility index (Phi) is 7.53. The highest BCUT2D eigenvalue weighted by atomic mass is 19.1. The van der Waals surface area contributed by atoms with Gasteiger partial charge in [0, 0.05) is 46.9 Å². The lowest BCUT2D eigenvalue weighted by Gasteiger charge is -2.13. The van der Waals surface area contributed by atoms with Crippen LogP contribution < -0.4 is 9.47 Å². The van der Waals surface area contributed by atoms with E-state index < -0.39 is 0 Å². The molecule has 6 nitrogen and oxygen atoms in total. The molecule has 0 radical (unpaired) electrons. The fourth-order valence-electron chi connectivity index (χ4n) is 6.43. The highest BCUT2D eigenvalue weighted by Gasteiger charge is 2.16. The Labute approximate surface area is 267 Å². The van der Waals surface area contributed by atoms with E-state index in [1.165, 1.54) is 0 Å². The van der Waals surface area contributed by atoms with E-state index in [0.717, 1.165) is 79.0 Å². The fraction of sp³-hybridized carbons (Fsp3) is 0.179. The van der Waals surface area contributed by atoms with Crippen LogP contribution in [0.15, 0.2) is 104 Å². The summed E-state index contributed by atoms with van der Waals surface area (Å²) in [5, 5.41) is 6.95. The smallest absolute Gasteiger partial charge is 0.141 e. The maximum Gasteiger partial charge on any atom is 0.141 e. The van der Waals surface area contributed by atoms with E-state index in [9.17, 15) is 4.39 Å². The molecule has 7 aromatic rings. The second-order valence-electron chi connectivity index (χ2n) is 12.2. The highest BCUT2D eigenvalue weighted by molar-refractivity contribution is 6.09. The van der Waals surface area contributed by atoms with Crippen molar-refractivity contribution in [3.05, 3.63) is 126 Å². The second-order valence-corrected chi connectivity index (χ2v) is 12.2. The Balaban J connectivity index is 1.30. The first-order valence-corrected chi connectivity index (χ1v) is 15.4. The molecule has 0 aliphatic carbocycles. The summed E-state index contributed by atoms with van der Waals surface area (Å²) in [5.74, 6) is 3.18. The molecular weight excluding hydrogens is 575 g/mol. The number of para-hydroxylation sites is 1. The number of rotatable bonds is 8. The minimum absolute atomic E-state index is 0.229. The molecular formula is C39H35FN4O2. The minimum atomic E-state index is -0.229. The van der Waals surface area contributed by atoms with E-state index in [2.05, 4.69) is 65.9 Å². The van der Waals surface area contributed by atoms with Crippen molar-refractivity contribution in [3.63, 3.8) is 0 Å². The van der Waals surface area contributed by atoms with E-state index in [-0.39, 0.29) is 5.82 Å². The summed E-state index contributed by atoms with van der Waals surface area (Å²) in [6.45, 7) is 8.27.